The van der Waals surface area contributed by atoms with Crippen molar-refractivity contribution in [1.82, 2.24) is 5.16 Å². The van der Waals surface area contributed by atoms with Crippen molar-refractivity contribution in [2.75, 3.05) is 31.5 Å². The summed E-state index contributed by atoms with van der Waals surface area (Å²) in [4.78, 5) is 27.1. The number of amides is 1. The molecule has 40 heavy (non-hydrogen) atoms. The van der Waals surface area contributed by atoms with E-state index in [1.165, 1.54) is 0 Å². The lowest BCUT2D eigenvalue weighted by Crippen LogP contribution is -2.66. The van der Waals surface area contributed by atoms with Crippen molar-refractivity contribution < 1.29 is 28.4 Å². The Hall–Kier alpha value is -3.49. The first kappa shape index (κ1) is 26.7. The summed E-state index contributed by atoms with van der Waals surface area (Å²) in [6.07, 6.45) is 7.74. The summed E-state index contributed by atoms with van der Waals surface area (Å²) in [5.74, 6) is -0.183. The number of hydrogen-bond acceptors (Lipinski definition) is 6. The van der Waals surface area contributed by atoms with Crippen LogP contribution in [-0.4, -0.2) is 58.9 Å². The Kier molecular flexibility index (Phi) is 7.47. The first-order chi connectivity index (χ1) is 19.5. The Bertz CT molecular complexity index is 1310. The number of rotatable bonds is 8. The second kappa shape index (κ2) is 11.2. The van der Waals surface area contributed by atoms with Gasteiger partial charge in [-0.1, -0.05) is 85.1 Å². The second-order valence-electron chi connectivity index (χ2n) is 11.9. The highest BCUT2D eigenvalue weighted by Gasteiger charge is 2.52. The molecule has 8 nitrogen and oxygen atoms in total. The van der Waals surface area contributed by atoms with Crippen molar-refractivity contribution in [2.45, 2.75) is 56.7 Å². The number of fused-ring (bicyclic) bond motifs is 3. The number of aromatic nitrogens is 1. The molecule has 3 aromatic rings. The van der Waals surface area contributed by atoms with Gasteiger partial charge in [-0.15, -0.1) is 0 Å². The van der Waals surface area contributed by atoms with Crippen LogP contribution in [0, 0.1) is 11.8 Å². The van der Waals surface area contributed by atoms with Gasteiger partial charge >= 0.3 is 5.97 Å². The average molecular weight is 545 g/mol. The lowest BCUT2D eigenvalue weighted by Gasteiger charge is -2.52. The zero-order valence-electron chi connectivity index (χ0n) is 22.8. The number of nitrogens with zero attached hydrogens (tertiary/aromatic N) is 2. The second-order valence-corrected chi connectivity index (χ2v) is 11.9. The summed E-state index contributed by atoms with van der Waals surface area (Å²) < 4.78 is 12.0. The number of esters is 1. The molecule has 1 aliphatic carbocycles. The molecule has 0 radical (unpaired) electrons. The minimum atomic E-state index is -1.66. The highest BCUT2D eigenvalue weighted by atomic mass is 16.6. The van der Waals surface area contributed by atoms with Crippen LogP contribution >= 0.6 is 0 Å². The van der Waals surface area contributed by atoms with Crippen molar-refractivity contribution in [2.24, 2.45) is 11.8 Å². The van der Waals surface area contributed by atoms with Crippen LogP contribution < -0.4 is 5.32 Å². The van der Waals surface area contributed by atoms with Crippen LogP contribution in [0.3, 0.4) is 0 Å². The molecular weight excluding hydrogens is 506 g/mol. The van der Waals surface area contributed by atoms with E-state index in [4.69, 9.17) is 9.26 Å². The van der Waals surface area contributed by atoms with Crippen LogP contribution in [-0.2, 0) is 19.9 Å². The topological polar surface area (TPSA) is 102 Å². The predicted octanol–water partition coefficient (Wildman–Crippen LogP) is 4.90. The molecule has 3 aliphatic heterocycles. The minimum Gasteiger partial charge on any atom is -0.454 e. The van der Waals surface area contributed by atoms with Crippen LogP contribution in [0.1, 0.15) is 50.5 Å². The van der Waals surface area contributed by atoms with Gasteiger partial charge in [0.25, 0.3) is 5.91 Å². The Morgan fingerprint density at radius 1 is 0.975 bits per heavy atom. The molecule has 2 N–H and O–H groups in total. The summed E-state index contributed by atoms with van der Waals surface area (Å²) in [5, 5.41) is 19.0. The number of aliphatic hydroxyl groups is 1. The highest BCUT2D eigenvalue weighted by Crippen LogP contribution is 2.42. The summed E-state index contributed by atoms with van der Waals surface area (Å²) in [5.41, 5.74) is 0.608. The molecule has 210 valence electrons. The third-order valence-corrected chi connectivity index (χ3v) is 9.41. The molecule has 2 aromatic carbocycles. The lowest BCUT2D eigenvalue weighted by atomic mass is 9.73. The molecule has 1 unspecified atom stereocenters. The van der Waals surface area contributed by atoms with Crippen LogP contribution in [0.25, 0.3) is 11.1 Å². The number of benzene rings is 2. The zero-order valence-corrected chi connectivity index (χ0v) is 22.8. The largest absolute Gasteiger partial charge is 0.454 e. The fourth-order valence-electron chi connectivity index (χ4n) is 7.16. The maximum atomic E-state index is 13.8. The Morgan fingerprint density at radius 3 is 2.35 bits per heavy atom. The number of piperidine rings is 3. The predicted molar refractivity (Wildman–Crippen MR) is 150 cm³/mol. The van der Waals surface area contributed by atoms with Crippen LogP contribution in [0.4, 0.5) is 5.82 Å². The average Bonchev–Trinajstić information content (AvgIpc) is 3.46. The number of anilines is 1. The van der Waals surface area contributed by atoms with Crippen LogP contribution in [0.2, 0.25) is 0 Å². The van der Waals surface area contributed by atoms with Crippen molar-refractivity contribution in [3.8, 4) is 11.1 Å². The molecule has 1 amide bonds. The molecule has 2 atom stereocenters. The van der Waals surface area contributed by atoms with E-state index in [9.17, 15) is 14.7 Å². The first-order valence-electron chi connectivity index (χ1n) is 14.6. The first-order valence-corrected chi connectivity index (χ1v) is 14.6. The summed E-state index contributed by atoms with van der Waals surface area (Å²) in [7, 11) is 0. The van der Waals surface area contributed by atoms with Gasteiger partial charge in [-0.2, -0.15) is 0 Å². The van der Waals surface area contributed by atoms with Gasteiger partial charge in [0.15, 0.2) is 24.1 Å². The number of carbonyl (C=O) groups is 2. The van der Waals surface area contributed by atoms with Gasteiger partial charge in [0.1, 0.15) is 12.8 Å². The molecule has 4 aliphatic rings. The zero-order chi connectivity index (χ0) is 27.6. The Balaban J connectivity index is 1.16. The number of carbonyl (C=O) groups excluding carboxylic acids is 2. The third-order valence-electron chi connectivity index (χ3n) is 9.41. The summed E-state index contributed by atoms with van der Waals surface area (Å²) in [6, 6.07) is 19.0. The number of quaternary nitrogens is 1. The van der Waals surface area contributed by atoms with E-state index in [1.54, 1.807) is 6.26 Å². The van der Waals surface area contributed by atoms with Gasteiger partial charge in [0, 0.05) is 24.7 Å². The van der Waals surface area contributed by atoms with Gasteiger partial charge in [0.2, 0.25) is 0 Å². The van der Waals surface area contributed by atoms with Crippen molar-refractivity contribution >= 4 is 17.7 Å². The molecule has 0 spiro atoms. The monoisotopic (exact) mass is 544 g/mol. The maximum Gasteiger partial charge on any atom is 0.343 e. The molecule has 8 heteroatoms. The van der Waals surface area contributed by atoms with Crippen molar-refractivity contribution in [1.29, 1.82) is 0 Å². The van der Waals surface area contributed by atoms with E-state index in [-0.39, 0.29) is 30.4 Å². The highest BCUT2D eigenvalue weighted by molar-refractivity contribution is 5.94. The molecule has 1 aromatic heterocycles. The van der Waals surface area contributed by atoms with E-state index in [0.717, 1.165) is 69.2 Å². The Morgan fingerprint density at radius 2 is 1.65 bits per heavy atom. The van der Waals surface area contributed by atoms with E-state index < -0.39 is 11.6 Å². The smallest absolute Gasteiger partial charge is 0.343 e. The van der Waals surface area contributed by atoms with Gasteiger partial charge in [0.05, 0.1) is 18.7 Å². The normalized spacial score (nSPS) is 26.1. The molecule has 4 heterocycles. The molecule has 1 saturated carbocycles. The maximum absolute atomic E-state index is 13.8. The van der Waals surface area contributed by atoms with Crippen LogP contribution in [0.5, 0.6) is 0 Å². The van der Waals surface area contributed by atoms with E-state index in [1.807, 2.05) is 60.7 Å². The summed E-state index contributed by atoms with van der Waals surface area (Å²) in [6.45, 7) is 2.57. The quantitative estimate of drug-likeness (QED) is 0.309. The van der Waals surface area contributed by atoms with Gasteiger partial charge in [-0.3, -0.25) is 4.79 Å². The van der Waals surface area contributed by atoms with Gasteiger partial charge in [-0.05, 0) is 24.0 Å². The van der Waals surface area contributed by atoms with Gasteiger partial charge in [-0.25, -0.2) is 4.79 Å². The molecule has 2 bridgehead atoms. The SMILES string of the molecule is O=C(C[N+]12CCC(CC1)C(OC(=O)[C@](O)(c1ccccc1)C1CCCCC1)C2)Nc1nocc1-c1ccccc1. The number of nitrogens with one attached hydrogen (secondary N) is 1. The molecular formula is C32H38N3O5+. The molecule has 4 fully saturated rings. The fraction of sp³-hybridized carbons (Fsp3) is 0.469. The van der Waals surface area contributed by atoms with Crippen molar-refractivity contribution in [3.05, 3.63) is 72.5 Å². The standard InChI is InChI=1S/C32H37N3O5/c36-29(33-30-27(22-39-34-30)23-10-4-1-5-11-23)21-35-18-16-24(17-19-35)28(20-35)40-31(37)32(38,25-12-6-2-7-13-25)26-14-8-3-9-15-26/h1-2,4-7,10-13,22,24,26,28,38H,3,8-9,14-21H2/p+1/t24?,28?,32-,35?/m0/s1. The van der Waals surface area contributed by atoms with Crippen molar-refractivity contribution in [3.63, 3.8) is 0 Å². The Labute approximate surface area is 234 Å². The van der Waals surface area contributed by atoms with Gasteiger partial charge < -0.3 is 24.2 Å². The summed E-state index contributed by atoms with van der Waals surface area (Å²) >= 11 is 0. The van der Waals surface area contributed by atoms with Crippen LogP contribution in [0.15, 0.2) is 71.4 Å². The minimum absolute atomic E-state index is 0.139. The van der Waals surface area contributed by atoms with E-state index in [2.05, 4.69) is 10.5 Å². The lowest BCUT2D eigenvalue weighted by molar-refractivity contribution is -0.939. The number of hydrogen-bond donors (Lipinski definition) is 2. The van der Waals surface area contributed by atoms with E-state index >= 15 is 0 Å². The fourth-order valence-corrected chi connectivity index (χ4v) is 7.16. The number of ether oxygens (including phenoxy) is 1. The molecule has 7 rings (SSSR count). The van der Waals surface area contributed by atoms with E-state index in [0.29, 0.717) is 22.4 Å². The molecule has 3 saturated heterocycles. The third kappa shape index (κ3) is 5.18.